The van der Waals surface area contributed by atoms with E-state index in [-0.39, 0.29) is 0 Å². The maximum absolute atomic E-state index is 5.93. The van der Waals surface area contributed by atoms with Crippen LogP contribution in [0.2, 0.25) is 0 Å². The molecule has 1 aliphatic rings. The molecule has 31 heavy (non-hydrogen) atoms. The number of nitrogens with zero attached hydrogens (tertiary/aromatic N) is 1. The van der Waals surface area contributed by atoms with Crippen LogP contribution >= 0.6 is 0 Å². The van der Waals surface area contributed by atoms with Crippen molar-refractivity contribution in [3.8, 4) is 11.5 Å². The van der Waals surface area contributed by atoms with Crippen LogP contribution in [0.4, 0.5) is 0 Å². The Balaban J connectivity index is 1.19. The van der Waals surface area contributed by atoms with Crippen LogP contribution in [0.1, 0.15) is 42.7 Å². The molecule has 3 aromatic carbocycles. The molecule has 3 nitrogen and oxygen atoms in total. The number of ether oxygens (including phenoxy) is 2. The Morgan fingerprint density at radius 1 is 0.710 bits per heavy atom. The fourth-order valence-corrected chi connectivity index (χ4v) is 4.43. The minimum Gasteiger partial charge on any atom is -0.492 e. The van der Waals surface area contributed by atoms with Crippen molar-refractivity contribution in [3.63, 3.8) is 0 Å². The Bertz CT molecular complexity index is 887. The first kappa shape index (κ1) is 21.5. The maximum atomic E-state index is 5.93. The van der Waals surface area contributed by atoms with Crippen molar-refractivity contribution < 1.29 is 9.47 Å². The zero-order chi connectivity index (χ0) is 21.3. The summed E-state index contributed by atoms with van der Waals surface area (Å²) in [5, 5.41) is 0. The number of hydrogen-bond donors (Lipinski definition) is 0. The van der Waals surface area contributed by atoms with Gasteiger partial charge in [-0.25, -0.2) is 0 Å². The van der Waals surface area contributed by atoms with E-state index in [9.17, 15) is 0 Å². The van der Waals surface area contributed by atoms with Crippen LogP contribution in [-0.2, 0) is 6.61 Å². The van der Waals surface area contributed by atoms with E-state index >= 15 is 0 Å². The van der Waals surface area contributed by atoms with E-state index < -0.39 is 0 Å². The van der Waals surface area contributed by atoms with Crippen molar-refractivity contribution in [2.45, 2.75) is 44.2 Å². The molecule has 162 valence electrons. The number of likely N-dealkylation sites (N-methyl/N-ethyl adjacent to an activating group) is 1. The molecule has 0 radical (unpaired) electrons. The Morgan fingerprint density at radius 3 is 2.00 bits per heavy atom. The average molecular weight is 416 g/mol. The fraction of sp³-hybridized carbons (Fsp3) is 0.357. The molecule has 4 rings (SSSR count). The van der Waals surface area contributed by atoms with Gasteiger partial charge in [0.05, 0.1) is 0 Å². The molecule has 1 saturated carbocycles. The highest BCUT2D eigenvalue weighted by Crippen LogP contribution is 2.35. The van der Waals surface area contributed by atoms with Crippen LogP contribution < -0.4 is 9.47 Å². The Kier molecular flexibility index (Phi) is 7.62. The predicted molar refractivity (Wildman–Crippen MR) is 127 cm³/mol. The van der Waals surface area contributed by atoms with Crippen LogP contribution in [0.3, 0.4) is 0 Å². The van der Waals surface area contributed by atoms with Crippen molar-refractivity contribution >= 4 is 0 Å². The predicted octanol–water partition coefficient (Wildman–Crippen LogP) is 6.30. The molecule has 0 heterocycles. The third kappa shape index (κ3) is 6.35. The maximum Gasteiger partial charge on any atom is 0.119 e. The van der Waals surface area contributed by atoms with Crippen LogP contribution in [0.25, 0.3) is 0 Å². The minimum absolute atomic E-state index is 0.617. The zero-order valence-electron chi connectivity index (χ0n) is 18.5. The molecule has 3 aromatic rings. The van der Waals surface area contributed by atoms with Crippen LogP contribution in [0.5, 0.6) is 11.5 Å². The van der Waals surface area contributed by atoms with Gasteiger partial charge >= 0.3 is 0 Å². The minimum atomic E-state index is 0.617. The third-order valence-electron chi connectivity index (χ3n) is 6.38. The highest BCUT2D eigenvalue weighted by Gasteiger charge is 2.24. The van der Waals surface area contributed by atoms with Gasteiger partial charge in [-0.2, -0.15) is 0 Å². The Morgan fingerprint density at radius 2 is 1.32 bits per heavy atom. The number of rotatable bonds is 9. The van der Waals surface area contributed by atoms with E-state index in [4.69, 9.17) is 9.47 Å². The first-order chi connectivity index (χ1) is 15.3. The summed E-state index contributed by atoms with van der Waals surface area (Å²) >= 11 is 0. The van der Waals surface area contributed by atoms with E-state index in [0.717, 1.165) is 24.7 Å². The second kappa shape index (κ2) is 11.0. The van der Waals surface area contributed by atoms with Gasteiger partial charge in [0.2, 0.25) is 0 Å². The monoisotopic (exact) mass is 415 g/mol. The van der Waals surface area contributed by atoms with Crippen molar-refractivity contribution in [2.24, 2.45) is 0 Å². The molecule has 1 aliphatic carbocycles. The molecule has 0 spiro atoms. The van der Waals surface area contributed by atoms with Crippen molar-refractivity contribution in [2.75, 3.05) is 20.2 Å². The van der Waals surface area contributed by atoms with Crippen LogP contribution in [0.15, 0.2) is 84.9 Å². The molecule has 0 bridgehead atoms. The molecule has 0 amide bonds. The quantitative estimate of drug-likeness (QED) is 0.409. The van der Waals surface area contributed by atoms with E-state index in [1.165, 1.54) is 36.8 Å². The topological polar surface area (TPSA) is 21.7 Å². The highest BCUT2D eigenvalue weighted by molar-refractivity contribution is 5.30. The van der Waals surface area contributed by atoms with E-state index in [1.54, 1.807) is 0 Å². The molecule has 0 aromatic heterocycles. The second-order valence-corrected chi connectivity index (χ2v) is 8.49. The lowest BCUT2D eigenvalue weighted by atomic mass is 9.81. The average Bonchev–Trinajstić information content (AvgIpc) is 2.84. The standard InChI is InChI=1S/C28H33NO2/c1-29(20-21-30-27-10-6-3-7-11-27)26-16-12-24(13-17-26)25-14-18-28(19-15-25)31-22-23-8-4-2-5-9-23/h2-11,14-15,18-19,24,26H,12-13,16-17,20-22H2,1H3. The van der Waals surface area contributed by atoms with Gasteiger partial charge in [0.15, 0.2) is 0 Å². The van der Waals surface area contributed by atoms with Gasteiger partial charge in [-0.1, -0.05) is 60.7 Å². The number of hydrogen-bond acceptors (Lipinski definition) is 3. The van der Waals surface area contributed by atoms with Crippen LogP contribution in [0, 0.1) is 0 Å². The molecule has 3 heteroatoms. The van der Waals surface area contributed by atoms with E-state index in [1.807, 2.05) is 48.5 Å². The largest absolute Gasteiger partial charge is 0.492 e. The van der Waals surface area contributed by atoms with Crippen molar-refractivity contribution in [3.05, 3.63) is 96.1 Å². The summed E-state index contributed by atoms with van der Waals surface area (Å²) in [4.78, 5) is 2.47. The molecule has 0 aliphatic heterocycles. The van der Waals surface area contributed by atoms with Gasteiger partial charge in [-0.15, -0.1) is 0 Å². The lowest BCUT2D eigenvalue weighted by Crippen LogP contribution is -2.37. The first-order valence-electron chi connectivity index (χ1n) is 11.4. The zero-order valence-corrected chi connectivity index (χ0v) is 18.5. The summed E-state index contributed by atoms with van der Waals surface area (Å²) in [6, 6.07) is 29.8. The van der Waals surface area contributed by atoms with Crippen LogP contribution in [-0.4, -0.2) is 31.1 Å². The second-order valence-electron chi connectivity index (χ2n) is 8.49. The van der Waals surface area contributed by atoms with E-state index in [0.29, 0.717) is 18.6 Å². The fourth-order valence-electron chi connectivity index (χ4n) is 4.43. The summed E-state index contributed by atoms with van der Waals surface area (Å²) in [5.41, 5.74) is 2.64. The molecule has 0 N–H and O–H groups in total. The molecule has 0 saturated heterocycles. The SMILES string of the molecule is CN(CCOc1ccccc1)C1CCC(c2ccc(OCc3ccccc3)cc2)CC1. The van der Waals surface area contributed by atoms with Gasteiger partial charge in [0.1, 0.15) is 24.7 Å². The molecule has 0 unspecified atom stereocenters. The number of para-hydroxylation sites is 1. The number of benzene rings is 3. The molecular weight excluding hydrogens is 382 g/mol. The summed E-state index contributed by atoms with van der Waals surface area (Å²) in [5.74, 6) is 2.56. The smallest absolute Gasteiger partial charge is 0.119 e. The van der Waals surface area contributed by atoms with Gasteiger partial charge in [-0.05, 0) is 74.0 Å². The summed E-state index contributed by atoms with van der Waals surface area (Å²) in [7, 11) is 2.23. The van der Waals surface area contributed by atoms with Gasteiger partial charge in [0, 0.05) is 12.6 Å². The summed E-state index contributed by atoms with van der Waals surface area (Å²) in [6.07, 6.45) is 5.00. The van der Waals surface area contributed by atoms with Gasteiger partial charge in [-0.3, -0.25) is 0 Å². The molecular formula is C28H33NO2. The lowest BCUT2D eigenvalue weighted by molar-refractivity contribution is 0.154. The van der Waals surface area contributed by atoms with Gasteiger partial charge < -0.3 is 14.4 Å². The first-order valence-corrected chi connectivity index (χ1v) is 11.4. The molecule has 1 fully saturated rings. The normalized spacial score (nSPS) is 18.6. The molecule has 0 atom stereocenters. The third-order valence-corrected chi connectivity index (χ3v) is 6.38. The van der Waals surface area contributed by atoms with E-state index in [2.05, 4.69) is 48.3 Å². The Hall–Kier alpha value is -2.78. The Labute approximate surface area is 186 Å². The highest BCUT2D eigenvalue weighted by atomic mass is 16.5. The van der Waals surface area contributed by atoms with Crippen molar-refractivity contribution in [1.29, 1.82) is 0 Å². The van der Waals surface area contributed by atoms with Gasteiger partial charge in [0.25, 0.3) is 0 Å². The summed E-state index contributed by atoms with van der Waals surface area (Å²) < 4.78 is 11.8. The lowest BCUT2D eigenvalue weighted by Gasteiger charge is -2.34. The summed E-state index contributed by atoms with van der Waals surface area (Å²) in [6.45, 7) is 2.33. The van der Waals surface area contributed by atoms with Crippen molar-refractivity contribution in [1.82, 2.24) is 4.90 Å².